The zero-order chi connectivity index (χ0) is 16.3. The second-order valence-electron chi connectivity index (χ2n) is 4.61. The maximum absolute atomic E-state index is 12.6. The third-order valence-corrected chi connectivity index (χ3v) is 3.03. The van der Waals surface area contributed by atoms with Crippen LogP contribution in [0.1, 0.15) is 24.2 Å². The molecule has 1 atom stereocenters. The maximum atomic E-state index is 12.6. The number of benzene rings is 1. The fourth-order valence-corrected chi connectivity index (χ4v) is 1.92. The molecule has 0 saturated heterocycles. The molecule has 0 aliphatic heterocycles. The molecule has 5 nitrogen and oxygen atoms in total. The summed E-state index contributed by atoms with van der Waals surface area (Å²) < 4.78 is 37.9. The molecular formula is C14H12F3N3O2. The minimum atomic E-state index is -4.63. The number of nitro benzene ring substituents is 1. The first-order valence-electron chi connectivity index (χ1n) is 6.32. The lowest BCUT2D eigenvalue weighted by molar-refractivity contribution is -0.384. The molecule has 1 aromatic carbocycles. The summed E-state index contributed by atoms with van der Waals surface area (Å²) in [4.78, 5) is 14.3. The van der Waals surface area contributed by atoms with Crippen molar-refractivity contribution in [2.75, 3.05) is 5.32 Å². The first-order chi connectivity index (χ1) is 10.3. The summed E-state index contributed by atoms with van der Waals surface area (Å²) in [5.41, 5.74) is -1.05. The zero-order valence-electron chi connectivity index (χ0n) is 11.5. The quantitative estimate of drug-likeness (QED) is 0.679. The Labute approximate surface area is 124 Å². The van der Waals surface area contributed by atoms with Crippen LogP contribution in [0.5, 0.6) is 0 Å². The van der Waals surface area contributed by atoms with E-state index in [0.29, 0.717) is 11.8 Å². The van der Waals surface area contributed by atoms with E-state index in [9.17, 15) is 23.3 Å². The number of rotatable bonds is 4. The molecule has 0 aliphatic carbocycles. The van der Waals surface area contributed by atoms with E-state index in [0.717, 1.165) is 12.1 Å². The van der Waals surface area contributed by atoms with Crippen LogP contribution in [0.25, 0.3) is 0 Å². The Morgan fingerprint density at radius 1 is 1.27 bits per heavy atom. The SMILES string of the molecule is C[C@H](Nc1ccc(C(F)(F)F)cc1[N+](=O)[O-])c1ccccn1. The number of hydrogen-bond donors (Lipinski definition) is 1. The van der Waals surface area contributed by atoms with Gasteiger partial charge in [0, 0.05) is 12.3 Å². The summed E-state index contributed by atoms with van der Waals surface area (Å²) in [6.45, 7) is 1.71. The van der Waals surface area contributed by atoms with Crippen LogP contribution in [0, 0.1) is 10.1 Å². The lowest BCUT2D eigenvalue weighted by atomic mass is 10.1. The van der Waals surface area contributed by atoms with E-state index in [1.807, 2.05) is 0 Å². The Bertz CT molecular complexity index is 675. The number of anilines is 1. The average molecular weight is 311 g/mol. The normalized spacial score (nSPS) is 12.7. The molecule has 1 heterocycles. The largest absolute Gasteiger partial charge is 0.416 e. The highest BCUT2D eigenvalue weighted by molar-refractivity contribution is 5.63. The van der Waals surface area contributed by atoms with Crippen LogP contribution < -0.4 is 5.32 Å². The molecule has 0 bridgehead atoms. The summed E-state index contributed by atoms with van der Waals surface area (Å²) >= 11 is 0. The molecular weight excluding hydrogens is 299 g/mol. The molecule has 1 aromatic heterocycles. The van der Waals surface area contributed by atoms with Gasteiger partial charge >= 0.3 is 6.18 Å². The van der Waals surface area contributed by atoms with Gasteiger partial charge in [-0.1, -0.05) is 6.07 Å². The van der Waals surface area contributed by atoms with E-state index >= 15 is 0 Å². The summed E-state index contributed by atoms with van der Waals surface area (Å²) in [6.07, 6.45) is -3.06. The highest BCUT2D eigenvalue weighted by atomic mass is 19.4. The van der Waals surface area contributed by atoms with Crippen LogP contribution in [-0.2, 0) is 6.18 Å². The van der Waals surface area contributed by atoms with E-state index in [2.05, 4.69) is 10.3 Å². The highest BCUT2D eigenvalue weighted by Crippen LogP contribution is 2.35. The number of nitro groups is 1. The number of halogens is 3. The lowest BCUT2D eigenvalue weighted by Crippen LogP contribution is -2.11. The van der Waals surface area contributed by atoms with Crippen molar-refractivity contribution in [2.24, 2.45) is 0 Å². The first-order valence-corrected chi connectivity index (χ1v) is 6.32. The van der Waals surface area contributed by atoms with Gasteiger partial charge < -0.3 is 5.32 Å². The van der Waals surface area contributed by atoms with Crippen molar-refractivity contribution in [1.29, 1.82) is 0 Å². The number of aromatic nitrogens is 1. The Hall–Kier alpha value is -2.64. The molecule has 0 radical (unpaired) electrons. The summed E-state index contributed by atoms with van der Waals surface area (Å²) in [5.74, 6) is 0. The monoisotopic (exact) mass is 311 g/mol. The van der Waals surface area contributed by atoms with E-state index < -0.39 is 28.4 Å². The molecule has 2 rings (SSSR count). The Morgan fingerprint density at radius 3 is 2.55 bits per heavy atom. The Balaban J connectivity index is 2.33. The third kappa shape index (κ3) is 3.51. The van der Waals surface area contributed by atoms with Crippen molar-refractivity contribution in [3.05, 3.63) is 64.0 Å². The van der Waals surface area contributed by atoms with Crippen molar-refractivity contribution in [1.82, 2.24) is 4.98 Å². The molecule has 0 amide bonds. The van der Waals surface area contributed by atoms with Crippen LogP contribution in [-0.4, -0.2) is 9.91 Å². The molecule has 0 unspecified atom stereocenters. The van der Waals surface area contributed by atoms with Gasteiger partial charge in [0.1, 0.15) is 5.69 Å². The first kappa shape index (κ1) is 15.7. The van der Waals surface area contributed by atoms with Gasteiger partial charge in [-0.15, -0.1) is 0 Å². The predicted molar refractivity (Wildman–Crippen MR) is 74.4 cm³/mol. The minimum absolute atomic E-state index is 0.0103. The summed E-state index contributed by atoms with van der Waals surface area (Å²) in [5, 5.41) is 13.8. The van der Waals surface area contributed by atoms with Crippen molar-refractivity contribution in [3.63, 3.8) is 0 Å². The van der Waals surface area contributed by atoms with Gasteiger partial charge in [0.25, 0.3) is 5.69 Å². The fraction of sp³-hybridized carbons (Fsp3) is 0.214. The molecule has 22 heavy (non-hydrogen) atoms. The second-order valence-corrected chi connectivity index (χ2v) is 4.61. The van der Waals surface area contributed by atoms with E-state index in [1.54, 1.807) is 31.3 Å². The van der Waals surface area contributed by atoms with Crippen molar-refractivity contribution < 1.29 is 18.1 Å². The topological polar surface area (TPSA) is 68.1 Å². The lowest BCUT2D eigenvalue weighted by Gasteiger charge is -2.15. The van der Waals surface area contributed by atoms with Crippen molar-refractivity contribution in [3.8, 4) is 0 Å². The Morgan fingerprint density at radius 2 is 2.00 bits per heavy atom. The van der Waals surface area contributed by atoms with Crippen LogP contribution in [0.2, 0.25) is 0 Å². The van der Waals surface area contributed by atoms with Crippen LogP contribution in [0.4, 0.5) is 24.5 Å². The van der Waals surface area contributed by atoms with Gasteiger partial charge in [0.05, 0.1) is 22.2 Å². The number of nitrogens with zero attached hydrogens (tertiary/aromatic N) is 2. The van der Waals surface area contributed by atoms with Gasteiger partial charge in [-0.25, -0.2) is 0 Å². The molecule has 0 spiro atoms. The number of alkyl halides is 3. The van der Waals surface area contributed by atoms with Gasteiger partial charge in [-0.05, 0) is 31.2 Å². The summed E-state index contributed by atoms with van der Waals surface area (Å²) in [6, 6.07) is 7.18. The zero-order valence-corrected chi connectivity index (χ0v) is 11.5. The van der Waals surface area contributed by atoms with Crippen molar-refractivity contribution in [2.45, 2.75) is 19.1 Å². The van der Waals surface area contributed by atoms with Crippen LogP contribution >= 0.6 is 0 Å². The summed E-state index contributed by atoms with van der Waals surface area (Å²) in [7, 11) is 0. The minimum Gasteiger partial charge on any atom is -0.371 e. The maximum Gasteiger partial charge on any atom is 0.416 e. The highest BCUT2D eigenvalue weighted by Gasteiger charge is 2.33. The third-order valence-electron chi connectivity index (χ3n) is 3.03. The van der Waals surface area contributed by atoms with Gasteiger partial charge in [0.2, 0.25) is 0 Å². The van der Waals surface area contributed by atoms with E-state index in [4.69, 9.17) is 0 Å². The van der Waals surface area contributed by atoms with E-state index in [-0.39, 0.29) is 5.69 Å². The van der Waals surface area contributed by atoms with Gasteiger partial charge in [-0.2, -0.15) is 13.2 Å². The molecule has 1 N–H and O–H groups in total. The number of pyridine rings is 1. The number of hydrogen-bond acceptors (Lipinski definition) is 4. The van der Waals surface area contributed by atoms with Crippen LogP contribution in [0.3, 0.4) is 0 Å². The molecule has 116 valence electrons. The Kier molecular flexibility index (Phi) is 4.30. The van der Waals surface area contributed by atoms with Crippen molar-refractivity contribution >= 4 is 11.4 Å². The predicted octanol–water partition coefficient (Wildman–Crippen LogP) is 4.18. The van der Waals surface area contributed by atoms with Crippen LogP contribution in [0.15, 0.2) is 42.6 Å². The average Bonchev–Trinajstić information content (AvgIpc) is 2.47. The van der Waals surface area contributed by atoms with E-state index in [1.165, 1.54) is 0 Å². The molecule has 8 heteroatoms. The second kappa shape index (κ2) is 6.00. The molecule has 2 aromatic rings. The van der Waals surface area contributed by atoms with Gasteiger partial charge in [0.15, 0.2) is 0 Å². The molecule has 0 aliphatic rings. The molecule has 0 fully saturated rings. The van der Waals surface area contributed by atoms with Gasteiger partial charge in [-0.3, -0.25) is 15.1 Å². The number of nitrogens with one attached hydrogen (secondary N) is 1. The smallest absolute Gasteiger partial charge is 0.371 e. The molecule has 0 saturated carbocycles. The fourth-order valence-electron chi connectivity index (χ4n) is 1.92. The standard InChI is InChI=1S/C14H12F3N3O2/c1-9(11-4-2-3-7-18-11)19-12-6-5-10(14(15,16)17)8-13(12)20(21)22/h2-9,19H,1H3/t9-/m0/s1.